The van der Waals surface area contributed by atoms with Gasteiger partial charge in [-0.1, -0.05) is 0 Å². The van der Waals surface area contributed by atoms with Crippen LogP contribution in [0.1, 0.15) is 43.5 Å². The number of methoxy groups -OCH3 is 2. The normalized spacial score (nSPS) is 20.4. The molecule has 0 aliphatic carbocycles. The summed E-state index contributed by atoms with van der Waals surface area (Å²) in [5, 5.41) is 0. The lowest BCUT2D eigenvalue weighted by atomic mass is 9.97. The Hall–Kier alpha value is -2.24. The van der Waals surface area contributed by atoms with Crippen LogP contribution in [0.25, 0.3) is 0 Å². The van der Waals surface area contributed by atoms with Gasteiger partial charge in [-0.2, -0.15) is 0 Å². The molecule has 1 saturated heterocycles. The third kappa shape index (κ3) is 4.19. The highest BCUT2D eigenvalue weighted by molar-refractivity contribution is 5.92. The first-order valence-corrected chi connectivity index (χ1v) is 8.17. The molecule has 0 saturated carbocycles. The number of ether oxygens (including phenoxy) is 3. The topological polar surface area (TPSA) is 65.1 Å². The van der Waals surface area contributed by atoms with Crippen LogP contribution >= 0.6 is 0 Å². The number of carbonyl (C=O) groups excluding carboxylic acids is 2. The Morgan fingerprint density at radius 2 is 1.58 bits per heavy atom. The second-order valence-electron chi connectivity index (χ2n) is 6.11. The van der Waals surface area contributed by atoms with Gasteiger partial charge < -0.3 is 19.1 Å². The summed E-state index contributed by atoms with van der Waals surface area (Å²) >= 11 is 0. The third-order valence-electron chi connectivity index (χ3n) is 4.40. The Kier molecular flexibility index (Phi) is 6.06. The van der Waals surface area contributed by atoms with Crippen molar-refractivity contribution in [2.45, 2.75) is 45.2 Å². The van der Waals surface area contributed by atoms with Crippen LogP contribution in [-0.2, 0) is 9.53 Å². The Morgan fingerprint density at radius 3 is 2.08 bits per heavy atom. The zero-order valence-electron chi connectivity index (χ0n) is 14.7. The molecule has 0 spiro atoms. The van der Waals surface area contributed by atoms with E-state index in [1.54, 1.807) is 18.2 Å². The molecule has 6 nitrogen and oxygen atoms in total. The van der Waals surface area contributed by atoms with Crippen LogP contribution in [0.4, 0.5) is 0 Å². The Morgan fingerprint density at radius 1 is 1.04 bits per heavy atom. The van der Waals surface area contributed by atoms with Crippen molar-refractivity contribution in [1.82, 2.24) is 4.90 Å². The van der Waals surface area contributed by atoms with E-state index in [9.17, 15) is 9.59 Å². The molecule has 1 aromatic carbocycles. The maximum absolute atomic E-state index is 12.4. The van der Waals surface area contributed by atoms with E-state index in [2.05, 4.69) is 0 Å². The van der Waals surface area contributed by atoms with E-state index < -0.39 is 5.97 Å². The standard InChI is InChI=1S/C18H25NO5/c1-12-6-5-7-13(2)19(12)17(20)11-24-18(21)14-8-15(22-3)10-16(9-14)23-4/h8-10,12-13H,5-7,11H2,1-4H3/t12-,13-/m1/s1. The minimum atomic E-state index is -0.571. The maximum Gasteiger partial charge on any atom is 0.338 e. The summed E-state index contributed by atoms with van der Waals surface area (Å²) in [4.78, 5) is 26.4. The largest absolute Gasteiger partial charge is 0.497 e. The monoisotopic (exact) mass is 335 g/mol. The Labute approximate surface area is 142 Å². The van der Waals surface area contributed by atoms with Crippen molar-refractivity contribution >= 4 is 11.9 Å². The Balaban J connectivity index is 2.01. The highest BCUT2D eigenvalue weighted by atomic mass is 16.5. The van der Waals surface area contributed by atoms with Gasteiger partial charge in [0.15, 0.2) is 6.61 Å². The highest BCUT2D eigenvalue weighted by Crippen LogP contribution is 2.24. The number of rotatable bonds is 5. The van der Waals surface area contributed by atoms with Crippen LogP contribution in [0.5, 0.6) is 11.5 Å². The first-order valence-electron chi connectivity index (χ1n) is 8.17. The quantitative estimate of drug-likeness (QED) is 0.774. The predicted molar refractivity (Wildman–Crippen MR) is 89.4 cm³/mol. The summed E-state index contributed by atoms with van der Waals surface area (Å²) in [5.74, 6) is 0.257. The summed E-state index contributed by atoms with van der Waals surface area (Å²) in [5.41, 5.74) is 0.291. The fourth-order valence-corrected chi connectivity index (χ4v) is 3.12. The van der Waals surface area contributed by atoms with E-state index in [0.717, 1.165) is 19.3 Å². The molecular weight excluding hydrogens is 310 g/mol. The number of benzene rings is 1. The zero-order chi connectivity index (χ0) is 17.7. The fourth-order valence-electron chi connectivity index (χ4n) is 3.12. The first-order chi connectivity index (χ1) is 11.5. The van der Waals surface area contributed by atoms with Crippen molar-refractivity contribution in [3.8, 4) is 11.5 Å². The molecule has 1 amide bonds. The molecule has 1 aliphatic heterocycles. The van der Waals surface area contributed by atoms with Crippen LogP contribution in [0.3, 0.4) is 0 Å². The number of esters is 1. The summed E-state index contributed by atoms with van der Waals surface area (Å²) in [6.07, 6.45) is 3.09. The van der Waals surface area contributed by atoms with Crippen LogP contribution in [0, 0.1) is 0 Å². The van der Waals surface area contributed by atoms with E-state index in [-0.39, 0.29) is 24.6 Å². The number of nitrogens with zero attached hydrogens (tertiary/aromatic N) is 1. The van der Waals surface area contributed by atoms with Crippen molar-refractivity contribution in [3.63, 3.8) is 0 Å². The van der Waals surface area contributed by atoms with Crippen molar-refractivity contribution in [2.75, 3.05) is 20.8 Å². The summed E-state index contributed by atoms with van der Waals surface area (Å²) < 4.78 is 15.5. The molecule has 2 rings (SSSR count). The van der Waals surface area contributed by atoms with Gasteiger partial charge in [0.25, 0.3) is 5.91 Å². The second-order valence-corrected chi connectivity index (χ2v) is 6.11. The molecule has 132 valence electrons. The summed E-state index contributed by atoms with van der Waals surface area (Å²) in [7, 11) is 3.01. The molecule has 2 atom stereocenters. The number of amides is 1. The molecule has 1 aromatic rings. The smallest absolute Gasteiger partial charge is 0.338 e. The van der Waals surface area contributed by atoms with Gasteiger partial charge >= 0.3 is 5.97 Å². The lowest BCUT2D eigenvalue weighted by Crippen LogP contribution is -2.49. The van der Waals surface area contributed by atoms with Gasteiger partial charge in [-0.25, -0.2) is 4.79 Å². The van der Waals surface area contributed by atoms with E-state index in [0.29, 0.717) is 17.1 Å². The van der Waals surface area contributed by atoms with Crippen LogP contribution < -0.4 is 9.47 Å². The van der Waals surface area contributed by atoms with Crippen molar-refractivity contribution in [2.24, 2.45) is 0 Å². The average molecular weight is 335 g/mol. The van der Waals surface area contributed by atoms with Gasteiger partial charge in [-0.05, 0) is 45.2 Å². The van der Waals surface area contributed by atoms with Gasteiger partial charge in [0, 0.05) is 18.2 Å². The number of carbonyl (C=O) groups is 2. The molecule has 1 fully saturated rings. The fraction of sp³-hybridized carbons (Fsp3) is 0.556. The van der Waals surface area contributed by atoms with Crippen LogP contribution in [-0.4, -0.2) is 49.7 Å². The number of piperidine rings is 1. The summed E-state index contributed by atoms with van der Waals surface area (Å²) in [6, 6.07) is 5.14. The van der Waals surface area contributed by atoms with E-state index in [1.165, 1.54) is 14.2 Å². The van der Waals surface area contributed by atoms with Gasteiger partial charge in [0.1, 0.15) is 11.5 Å². The van der Waals surface area contributed by atoms with Gasteiger partial charge in [0.2, 0.25) is 0 Å². The Bertz CT molecular complexity index is 569. The number of hydrogen-bond acceptors (Lipinski definition) is 5. The molecule has 24 heavy (non-hydrogen) atoms. The van der Waals surface area contributed by atoms with E-state index >= 15 is 0 Å². The minimum absolute atomic E-state index is 0.155. The molecule has 0 aromatic heterocycles. The van der Waals surface area contributed by atoms with E-state index in [1.807, 2.05) is 18.7 Å². The van der Waals surface area contributed by atoms with Gasteiger partial charge in [-0.3, -0.25) is 4.79 Å². The molecule has 0 N–H and O–H groups in total. The number of hydrogen-bond donors (Lipinski definition) is 0. The van der Waals surface area contributed by atoms with Crippen molar-refractivity contribution in [1.29, 1.82) is 0 Å². The molecule has 6 heteroatoms. The highest BCUT2D eigenvalue weighted by Gasteiger charge is 2.29. The molecule has 0 radical (unpaired) electrons. The SMILES string of the molecule is COc1cc(OC)cc(C(=O)OCC(=O)N2[C@H](C)CCC[C@H]2C)c1. The molecule has 1 heterocycles. The van der Waals surface area contributed by atoms with Gasteiger partial charge in [-0.15, -0.1) is 0 Å². The van der Waals surface area contributed by atoms with Crippen molar-refractivity contribution < 1.29 is 23.8 Å². The van der Waals surface area contributed by atoms with Crippen molar-refractivity contribution in [3.05, 3.63) is 23.8 Å². The molecule has 1 aliphatic rings. The maximum atomic E-state index is 12.4. The minimum Gasteiger partial charge on any atom is -0.497 e. The number of likely N-dealkylation sites (tertiary alicyclic amines) is 1. The molecule has 0 bridgehead atoms. The predicted octanol–water partition coefficient (Wildman–Crippen LogP) is 2.65. The average Bonchev–Trinajstić information content (AvgIpc) is 2.58. The summed E-state index contributed by atoms with van der Waals surface area (Å²) in [6.45, 7) is 3.80. The van der Waals surface area contributed by atoms with Gasteiger partial charge in [0.05, 0.1) is 19.8 Å². The van der Waals surface area contributed by atoms with Crippen LogP contribution in [0.15, 0.2) is 18.2 Å². The lowest BCUT2D eigenvalue weighted by Gasteiger charge is -2.38. The van der Waals surface area contributed by atoms with Crippen LogP contribution in [0.2, 0.25) is 0 Å². The second kappa shape index (κ2) is 8.04. The zero-order valence-corrected chi connectivity index (χ0v) is 14.7. The molecule has 0 unspecified atom stereocenters. The third-order valence-corrected chi connectivity index (χ3v) is 4.40. The molecular formula is C18H25NO5. The first kappa shape index (κ1) is 18.1. The van der Waals surface area contributed by atoms with E-state index in [4.69, 9.17) is 14.2 Å². The lowest BCUT2D eigenvalue weighted by molar-refractivity contribution is -0.140.